The summed E-state index contributed by atoms with van der Waals surface area (Å²) < 4.78 is 18.3. The molecule has 2 N–H and O–H groups in total. The number of anilines is 2. The highest BCUT2D eigenvalue weighted by atomic mass is 19.1. The van der Waals surface area contributed by atoms with E-state index in [1.807, 2.05) is 18.2 Å². The average Bonchev–Trinajstić information content (AvgIpc) is 2.75. The van der Waals surface area contributed by atoms with Crippen molar-refractivity contribution in [1.29, 1.82) is 0 Å². The molecule has 0 aliphatic heterocycles. The van der Waals surface area contributed by atoms with Gasteiger partial charge in [0.25, 0.3) is 0 Å². The van der Waals surface area contributed by atoms with E-state index in [2.05, 4.69) is 34.6 Å². The van der Waals surface area contributed by atoms with Gasteiger partial charge in [0.2, 0.25) is 11.8 Å². The van der Waals surface area contributed by atoms with Crippen LogP contribution in [0.15, 0.2) is 47.6 Å². The fraction of sp³-hybridized carbons (Fsp3) is 0.318. The molecule has 2 aromatic carbocycles. The van der Waals surface area contributed by atoms with Crippen molar-refractivity contribution in [2.45, 2.75) is 26.7 Å². The SMILES string of the molecule is CCN(CC)c1ccc(C=NNC(=O)CCC(=O)Nc2ccc(F)cc2)c(OC)c1. The molecule has 160 valence electrons. The number of benzene rings is 2. The number of amides is 2. The number of rotatable bonds is 10. The molecule has 0 saturated carbocycles. The summed E-state index contributed by atoms with van der Waals surface area (Å²) in [6.07, 6.45) is 1.46. The Kier molecular flexibility index (Phi) is 8.80. The molecule has 0 saturated heterocycles. The number of methoxy groups -OCH3 is 1. The minimum absolute atomic E-state index is 0.0133. The molecule has 0 unspecified atom stereocenters. The Morgan fingerprint density at radius 1 is 1.07 bits per heavy atom. The van der Waals surface area contributed by atoms with Crippen LogP contribution in [-0.4, -0.2) is 38.2 Å². The predicted octanol–water partition coefficient (Wildman–Crippen LogP) is 3.55. The molecule has 0 aliphatic rings. The lowest BCUT2D eigenvalue weighted by Gasteiger charge is -2.21. The Morgan fingerprint density at radius 2 is 1.73 bits per heavy atom. The first-order valence-electron chi connectivity index (χ1n) is 9.77. The largest absolute Gasteiger partial charge is 0.496 e. The predicted molar refractivity (Wildman–Crippen MR) is 117 cm³/mol. The molecule has 30 heavy (non-hydrogen) atoms. The maximum atomic E-state index is 12.9. The molecule has 2 aromatic rings. The molecule has 0 atom stereocenters. The molecule has 0 heterocycles. The number of nitrogens with zero attached hydrogens (tertiary/aromatic N) is 2. The highest BCUT2D eigenvalue weighted by Gasteiger charge is 2.09. The highest BCUT2D eigenvalue weighted by Crippen LogP contribution is 2.24. The van der Waals surface area contributed by atoms with Gasteiger partial charge in [-0.25, -0.2) is 9.82 Å². The summed E-state index contributed by atoms with van der Waals surface area (Å²) >= 11 is 0. The lowest BCUT2D eigenvalue weighted by atomic mass is 10.2. The van der Waals surface area contributed by atoms with Gasteiger partial charge in [-0.1, -0.05) is 0 Å². The summed E-state index contributed by atoms with van der Waals surface area (Å²) in [6.45, 7) is 5.94. The van der Waals surface area contributed by atoms with Gasteiger partial charge >= 0.3 is 0 Å². The quantitative estimate of drug-likeness (QED) is 0.460. The topological polar surface area (TPSA) is 83.0 Å². The van der Waals surface area contributed by atoms with Crippen LogP contribution >= 0.6 is 0 Å². The van der Waals surface area contributed by atoms with Crippen molar-refractivity contribution in [3.63, 3.8) is 0 Å². The van der Waals surface area contributed by atoms with Crippen molar-refractivity contribution in [2.24, 2.45) is 5.10 Å². The normalized spacial score (nSPS) is 10.7. The monoisotopic (exact) mass is 414 g/mol. The van der Waals surface area contributed by atoms with Crippen molar-refractivity contribution in [2.75, 3.05) is 30.4 Å². The van der Waals surface area contributed by atoms with Crippen LogP contribution in [0.4, 0.5) is 15.8 Å². The van der Waals surface area contributed by atoms with Crippen molar-refractivity contribution in [3.05, 3.63) is 53.8 Å². The third kappa shape index (κ3) is 6.88. The van der Waals surface area contributed by atoms with Gasteiger partial charge in [-0.05, 0) is 50.2 Å². The lowest BCUT2D eigenvalue weighted by molar-refractivity contribution is -0.124. The number of carbonyl (C=O) groups excluding carboxylic acids is 2. The first kappa shape index (κ1) is 22.9. The third-order valence-electron chi connectivity index (χ3n) is 4.45. The molecule has 0 fully saturated rings. The van der Waals surface area contributed by atoms with Crippen LogP contribution in [0.25, 0.3) is 0 Å². The zero-order valence-electron chi connectivity index (χ0n) is 17.4. The Labute approximate surface area is 175 Å². The van der Waals surface area contributed by atoms with Crippen LogP contribution < -0.4 is 20.4 Å². The number of ether oxygens (including phenoxy) is 1. The van der Waals surface area contributed by atoms with Gasteiger partial charge in [-0.15, -0.1) is 0 Å². The van der Waals surface area contributed by atoms with Gasteiger partial charge in [0.05, 0.1) is 13.3 Å². The Morgan fingerprint density at radius 3 is 2.37 bits per heavy atom. The van der Waals surface area contributed by atoms with Crippen molar-refractivity contribution in [1.82, 2.24) is 5.43 Å². The van der Waals surface area contributed by atoms with E-state index in [-0.39, 0.29) is 30.5 Å². The first-order chi connectivity index (χ1) is 14.5. The second-order valence-electron chi connectivity index (χ2n) is 6.45. The Hall–Kier alpha value is -3.42. The maximum absolute atomic E-state index is 12.9. The maximum Gasteiger partial charge on any atom is 0.240 e. The van der Waals surface area contributed by atoms with Crippen LogP contribution in [0.3, 0.4) is 0 Å². The van der Waals surface area contributed by atoms with Gasteiger partial charge in [-0.2, -0.15) is 5.10 Å². The van der Waals surface area contributed by atoms with Crippen molar-refractivity contribution >= 4 is 29.4 Å². The summed E-state index contributed by atoms with van der Waals surface area (Å²) in [5, 5.41) is 6.55. The zero-order valence-corrected chi connectivity index (χ0v) is 17.4. The van der Waals surface area contributed by atoms with Crippen LogP contribution in [0.1, 0.15) is 32.3 Å². The van der Waals surface area contributed by atoms with E-state index in [9.17, 15) is 14.0 Å². The number of hydrogen-bond donors (Lipinski definition) is 2. The fourth-order valence-electron chi connectivity index (χ4n) is 2.81. The number of hydrazone groups is 1. The van der Waals surface area contributed by atoms with E-state index >= 15 is 0 Å². The summed E-state index contributed by atoms with van der Waals surface area (Å²) in [6, 6.07) is 11.2. The fourth-order valence-corrected chi connectivity index (χ4v) is 2.81. The van der Waals surface area contributed by atoms with E-state index in [1.165, 1.54) is 30.5 Å². The van der Waals surface area contributed by atoms with Crippen LogP contribution in [0.5, 0.6) is 5.75 Å². The Bertz CT molecular complexity index is 880. The summed E-state index contributed by atoms with van der Waals surface area (Å²) in [4.78, 5) is 26.0. The standard InChI is InChI=1S/C22H27FN4O3/c1-4-27(5-2)19-11-6-16(20(14-19)30-3)15-24-26-22(29)13-12-21(28)25-18-9-7-17(23)8-10-18/h6-11,14-15H,4-5,12-13H2,1-3H3,(H,25,28)(H,26,29). The molecule has 0 aromatic heterocycles. The smallest absolute Gasteiger partial charge is 0.240 e. The van der Waals surface area contributed by atoms with E-state index in [4.69, 9.17) is 4.74 Å². The first-order valence-corrected chi connectivity index (χ1v) is 9.77. The molecule has 0 bridgehead atoms. The average molecular weight is 414 g/mol. The zero-order chi connectivity index (χ0) is 21.9. The van der Waals surface area contributed by atoms with E-state index in [1.54, 1.807) is 7.11 Å². The molecular weight excluding hydrogens is 387 g/mol. The Balaban J connectivity index is 1.84. The second kappa shape index (κ2) is 11.5. The summed E-state index contributed by atoms with van der Waals surface area (Å²) in [7, 11) is 1.58. The number of nitrogens with one attached hydrogen (secondary N) is 2. The van der Waals surface area contributed by atoms with Crippen LogP contribution in [0.2, 0.25) is 0 Å². The third-order valence-corrected chi connectivity index (χ3v) is 4.45. The highest BCUT2D eigenvalue weighted by molar-refractivity contribution is 5.93. The van der Waals surface area contributed by atoms with Crippen LogP contribution in [-0.2, 0) is 9.59 Å². The molecule has 0 aliphatic carbocycles. The van der Waals surface area contributed by atoms with E-state index in [0.717, 1.165) is 24.3 Å². The second-order valence-corrected chi connectivity index (χ2v) is 6.45. The van der Waals surface area contributed by atoms with Crippen LogP contribution in [0, 0.1) is 5.82 Å². The van der Waals surface area contributed by atoms with Gasteiger partial charge in [0, 0.05) is 48.9 Å². The van der Waals surface area contributed by atoms with Crippen molar-refractivity contribution < 1.29 is 18.7 Å². The van der Waals surface area contributed by atoms with Crippen molar-refractivity contribution in [3.8, 4) is 5.75 Å². The summed E-state index contributed by atoms with van der Waals surface area (Å²) in [5.74, 6) is -0.464. The van der Waals surface area contributed by atoms with Gasteiger partial charge in [0.1, 0.15) is 11.6 Å². The molecule has 0 spiro atoms. The molecule has 2 amide bonds. The van der Waals surface area contributed by atoms with Gasteiger partial charge in [-0.3, -0.25) is 9.59 Å². The molecular formula is C22H27FN4O3. The van der Waals surface area contributed by atoms with E-state index < -0.39 is 0 Å². The number of carbonyl (C=O) groups is 2. The number of hydrogen-bond acceptors (Lipinski definition) is 5. The molecule has 8 heteroatoms. The summed E-state index contributed by atoms with van der Waals surface area (Å²) in [5.41, 5.74) is 4.65. The van der Waals surface area contributed by atoms with Gasteiger partial charge < -0.3 is 15.0 Å². The van der Waals surface area contributed by atoms with E-state index in [0.29, 0.717) is 11.4 Å². The minimum Gasteiger partial charge on any atom is -0.496 e. The molecule has 7 nitrogen and oxygen atoms in total. The minimum atomic E-state index is -0.390. The molecule has 2 rings (SSSR count). The lowest BCUT2D eigenvalue weighted by Crippen LogP contribution is -2.22. The van der Waals surface area contributed by atoms with Gasteiger partial charge in [0.15, 0.2) is 0 Å². The molecule has 0 radical (unpaired) electrons. The number of halogens is 1.